The standard InChI is InChI=1S/C23H27Cl2NO6.CH4O3S/c1-29-19-11-15(12-20(30-2)21(19)31-3)22(28)26-8-10-32-23(14-26,7-4-9-27)16-5-6-17(24)18(25)13-16;1-5(2,3)4/h5-6,11-13,27H,4,7-10,14H2,1-3H3;1H3,(H,2,3,4)/t23-;/m0./s1. The zero-order chi connectivity index (χ0) is 27.8. The first kappa shape index (κ1) is 30.9. The van der Waals surface area contributed by atoms with E-state index in [0.29, 0.717) is 71.7 Å². The zero-order valence-electron chi connectivity index (χ0n) is 21.0. The molecule has 0 saturated carbocycles. The number of nitrogens with zero attached hydrogens (tertiary/aromatic N) is 1. The van der Waals surface area contributed by atoms with Gasteiger partial charge in [-0.2, -0.15) is 8.42 Å². The number of carbonyl (C=O) groups excluding carboxylic acids is 1. The fraction of sp³-hybridized carbons (Fsp3) is 0.458. The zero-order valence-corrected chi connectivity index (χ0v) is 23.3. The number of aliphatic hydroxyl groups excluding tert-OH is 1. The van der Waals surface area contributed by atoms with Gasteiger partial charge in [0, 0.05) is 18.7 Å². The lowest BCUT2D eigenvalue weighted by Gasteiger charge is -2.43. The van der Waals surface area contributed by atoms with Crippen LogP contribution in [0.2, 0.25) is 10.0 Å². The first-order chi connectivity index (χ1) is 17.4. The molecule has 0 aliphatic carbocycles. The summed E-state index contributed by atoms with van der Waals surface area (Å²) < 4.78 is 48.2. The molecule has 1 heterocycles. The molecule has 1 saturated heterocycles. The average molecular weight is 580 g/mol. The Bertz CT molecular complexity index is 1160. The van der Waals surface area contributed by atoms with Crippen LogP contribution in [-0.4, -0.2) is 82.8 Å². The molecule has 0 aromatic heterocycles. The Morgan fingerprint density at radius 1 is 1.08 bits per heavy atom. The van der Waals surface area contributed by atoms with Crippen LogP contribution in [0, 0.1) is 0 Å². The van der Waals surface area contributed by atoms with Gasteiger partial charge in [0.1, 0.15) is 5.60 Å². The van der Waals surface area contributed by atoms with Crippen LogP contribution in [0.4, 0.5) is 0 Å². The quantitative estimate of drug-likeness (QED) is 0.449. The molecule has 1 aliphatic rings. The van der Waals surface area contributed by atoms with Crippen molar-refractivity contribution >= 4 is 39.2 Å². The van der Waals surface area contributed by atoms with Crippen molar-refractivity contribution in [2.24, 2.45) is 0 Å². The van der Waals surface area contributed by atoms with E-state index in [1.54, 1.807) is 29.2 Å². The highest BCUT2D eigenvalue weighted by Gasteiger charge is 2.40. The third-order valence-electron chi connectivity index (χ3n) is 5.57. The normalized spacial score (nSPS) is 17.5. The van der Waals surface area contributed by atoms with Crippen LogP contribution < -0.4 is 14.2 Å². The van der Waals surface area contributed by atoms with Crippen molar-refractivity contribution < 1.29 is 41.8 Å². The molecular formula is C24H31Cl2NO9S. The van der Waals surface area contributed by atoms with Crippen LogP contribution in [0.1, 0.15) is 28.8 Å². The molecule has 13 heteroatoms. The van der Waals surface area contributed by atoms with Gasteiger partial charge in [-0.25, -0.2) is 0 Å². The van der Waals surface area contributed by atoms with Gasteiger partial charge in [-0.1, -0.05) is 29.3 Å². The van der Waals surface area contributed by atoms with Crippen LogP contribution >= 0.6 is 23.2 Å². The SMILES string of the molecule is COc1cc(C(=O)N2CCO[C@](CCCO)(c3ccc(Cl)c(Cl)c3)C2)cc(OC)c1OC.CS(=O)(=O)O. The summed E-state index contributed by atoms with van der Waals surface area (Å²) in [5.74, 6) is 1.03. The van der Waals surface area contributed by atoms with Gasteiger partial charge < -0.3 is 29.0 Å². The maximum absolute atomic E-state index is 13.5. The first-order valence-electron chi connectivity index (χ1n) is 11.1. The van der Waals surface area contributed by atoms with E-state index in [-0.39, 0.29) is 12.5 Å². The molecule has 37 heavy (non-hydrogen) atoms. The second-order valence-corrected chi connectivity index (χ2v) is 10.5. The Kier molecular flexibility index (Phi) is 11.3. The molecule has 0 unspecified atom stereocenters. The number of morpholine rings is 1. The fourth-order valence-electron chi connectivity index (χ4n) is 3.96. The van der Waals surface area contributed by atoms with Crippen molar-refractivity contribution in [2.45, 2.75) is 18.4 Å². The number of halogens is 2. The number of amides is 1. The van der Waals surface area contributed by atoms with E-state index in [1.807, 2.05) is 6.07 Å². The number of ether oxygens (including phenoxy) is 4. The molecule has 1 atom stereocenters. The summed E-state index contributed by atoms with van der Waals surface area (Å²) in [6.07, 6.45) is 1.74. The van der Waals surface area contributed by atoms with Crippen LogP contribution in [0.25, 0.3) is 0 Å². The molecule has 1 amide bonds. The van der Waals surface area contributed by atoms with E-state index >= 15 is 0 Å². The number of hydrogen-bond acceptors (Lipinski definition) is 8. The molecule has 2 aromatic carbocycles. The van der Waals surface area contributed by atoms with Gasteiger partial charge in [0.05, 0.1) is 50.8 Å². The molecule has 0 bridgehead atoms. The van der Waals surface area contributed by atoms with E-state index in [2.05, 4.69) is 0 Å². The predicted octanol–water partition coefficient (Wildman–Crippen LogP) is 3.66. The van der Waals surface area contributed by atoms with Gasteiger partial charge in [-0.15, -0.1) is 0 Å². The summed E-state index contributed by atoms with van der Waals surface area (Å²) in [6, 6.07) is 8.58. The lowest BCUT2D eigenvalue weighted by molar-refractivity contribution is -0.112. The highest BCUT2D eigenvalue weighted by atomic mass is 35.5. The van der Waals surface area contributed by atoms with E-state index in [1.165, 1.54) is 21.3 Å². The van der Waals surface area contributed by atoms with Crippen LogP contribution in [0.15, 0.2) is 30.3 Å². The van der Waals surface area contributed by atoms with E-state index in [0.717, 1.165) is 5.56 Å². The van der Waals surface area contributed by atoms with Crippen molar-refractivity contribution in [1.29, 1.82) is 0 Å². The maximum Gasteiger partial charge on any atom is 0.261 e. The van der Waals surface area contributed by atoms with Crippen LogP contribution in [0.5, 0.6) is 17.2 Å². The van der Waals surface area contributed by atoms with Gasteiger partial charge >= 0.3 is 0 Å². The monoisotopic (exact) mass is 579 g/mol. The number of carbonyl (C=O) groups is 1. The van der Waals surface area contributed by atoms with Gasteiger partial charge in [0.2, 0.25) is 5.75 Å². The molecule has 206 valence electrons. The molecule has 1 aliphatic heterocycles. The number of aliphatic hydroxyl groups is 1. The topological polar surface area (TPSA) is 132 Å². The molecule has 1 fully saturated rings. The van der Waals surface area contributed by atoms with E-state index < -0.39 is 15.7 Å². The van der Waals surface area contributed by atoms with E-state index in [4.69, 9.17) is 46.7 Å². The fourth-order valence-corrected chi connectivity index (χ4v) is 4.26. The Labute approximate surface area is 226 Å². The second-order valence-electron chi connectivity index (χ2n) is 8.17. The maximum atomic E-state index is 13.5. The molecular weight excluding hydrogens is 549 g/mol. The second kappa shape index (κ2) is 13.5. The van der Waals surface area contributed by atoms with Gasteiger partial charge in [-0.05, 0) is 42.7 Å². The van der Waals surface area contributed by atoms with E-state index in [9.17, 15) is 18.3 Å². The van der Waals surface area contributed by atoms with Crippen LogP contribution in [0.3, 0.4) is 0 Å². The molecule has 2 aromatic rings. The highest BCUT2D eigenvalue weighted by Crippen LogP contribution is 2.40. The Morgan fingerprint density at radius 3 is 2.16 bits per heavy atom. The first-order valence-corrected chi connectivity index (χ1v) is 13.7. The highest BCUT2D eigenvalue weighted by molar-refractivity contribution is 7.85. The van der Waals surface area contributed by atoms with Gasteiger partial charge in [0.15, 0.2) is 11.5 Å². The minimum Gasteiger partial charge on any atom is -0.493 e. The number of benzene rings is 2. The molecule has 2 N–H and O–H groups in total. The Morgan fingerprint density at radius 2 is 1.68 bits per heavy atom. The third kappa shape index (κ3) is 8.36. The summed E-state index contributed by atoms with van der Waals surface area (Å²) >= 11 is 12.4. The Balaban J connectivity index is 0.000000877. The van der Waals surface area contributed by atoms with Crippen molar-refractivity contribution in [3.05, 3.63) is 51.5 Å². The Hall–Kier alpha value is -2.28. The number of rotatable bonds is 8. The van der Waals surface area contributed by atoms with Crippen LogP contribution in [-0.2, 0) is 20.5 Å². The smallest absolute Gasteiger partial charge is 0.261 e. The average Bonchev–Trinajstić information content (AvgIpc) is 2.86. The third-order valence-corrected chi connectivity index (χ3v) is 6.31. The summed E-state index contributed by atoms with van der Waals surface area (Å²) in [5, 5.41) is 10.3. The largest absolute Gasteiger partial charge is 0.493 e. The lowest BCUT2D eigenvalue weighted by Crippen LogP contribution is -2.52. The number of hydrogen-bond donors (Lipinski definition) is 2. The summed E-state index contributed by atoms with van der Waals surface area (Å²) in [6.45, 7) is 1.05. The van der Waals surface area contributed by atoms with Gasteiger partial charge in [-0.3, -0.25) is 9.35 Å². The van der Waals surface area contributed by atoms with Crippen molar-refractivity contribution in [2.75, 3.05) is 53.9 Å². The summed E-state index contributed by atoms with van der Waals surface area (Å²) in [7, 11) is 0.853. The summed E-state index contributed by atoms with van der Waals surface area (Å²) in [5.41, 5.74) is 0.403. The van der Waals surface area contributed by atoms with Crippen molar-refractivity contribution in [1.82, 2.24) is 4.90 Å². The number of methoxy groups -OCH3 is 3. The lowest BCUT2D eigenvalue weighted by atomic mass is 9.87. The van der Waals surface area contributed by atoms with Crippen molar-refractivity contribution in [3.8, 4) is 17.2 Å². The predicted molar refractivity (Wildman–Crippen MR) is 140 cm³/mol. The molecule has 0 radical (unpaired) electrons. The molecule has 3 rings (SSSR count). The van der Waals surface area contributed by atoms with Gasteiger partial charge in [0.25, 0.3) is 16.0 Å². The summed E-state index contributed by atoms with van der Waals surface area (Å²) in [4.78, 5) is 15.2. The molecule has 0 spiro atoms. The molecule has 10 nitrogen and oxygen atoms in total. The minimum absolute atomic E-state index is 0.00720. The minimum atomic E-state index is -3.67. The van der Waals surface area contributed by atoms with Crippen molar-refractivity contribution in [3.63, 3.8) is 0 Å².